The first-order valence-electron chi connectivity index (χ1n) is 7.11. The summed E-state index contributed by atoms with van der Waals surface area (Å²) in [7, 11) is 0. The van der Waals surface area contributed by atoms with E-state index in [-0.39, 0.29) is 17.8 Å². The zero-order valence-corrected chi connectivity index (χ0v) is 11.9. The van der Waals surface area contributed by atoms with Gasteiger partial charge in [-0.15, -0.1) is 0 Å². The van der Waals surface area contributed by atoms with Gasteiger partial charge >= 0.3 is 0 Å². The Morgan fingerprint density at radius 3 is 2.60 bits per heavy atom. The van der Waals surface area contributed by atoms with Gasteiger partial charge in [0.2, 0.25) is 0 Å². The number of carbonyl (C=O) groups excluding carboxylic acids is 1. The van der Waals surface area contributed by atoms with Gasteiger partial charge in [0.25, 0.3) is 5.91 Å². The van der Waals surface area contributed by atoms with Crippen molar-refractivity contribution in [2.45, 2.75) is 39.2 Å². The lowest BCUT2D eigenvalue weighted by Crippen LogP contribution is -2.32. The molecule has 1 unspecified atom stereocenters. The summed E-state index contributed by atoms with van der Waals surface area (Å²) >= 11 is 0. The van der Waals surface area contributed by atoms with Crippen molar-refractivity contribution in [2.24, 2.45) is 0 Å². The van der Waals surface area contributed by atoms with Crippen LogP contribution in [0, 0.1) is 5.82 Å². The third-order valence-corrected chi connectivity index (χ3v) is 3.48. The fourth-order valence-electron chi connectivity index (χ4n) is 2.34. The molecule has 1 atom stereocenters. The van der Waals surface area contributed by atoms with E-state index in [1.54, 1.807) is 24.3 Å². The number of nitrogens with one attached hydrogen (secondary N) is 1. The highest BCUT2D eigenvalue weighted by molar-refractivity contribution is 6.07. The number of halogens is 1. The van der Waals surface area contributed by atoms with Gasteiger partial charge in [0.05, 0.1) is 0 Å². The van der Waals surface area contributed by atoms with Gasteiger partial charge in [0.1, 0.15) is 5.82 Å². The molecule has 0 saturated heterocycles. The van der Waals surface area contributed by atoms with Crippen molar-refractivity contribution in [3.63, 3.8) is 0 Å². The van der Waals surface area contributed by atoms with Gasteiger partial charge in [-0.25, -0.2) is 4.39 Å². The summed E-state index contributed by atoms with van der Waals surface area (Å²) in [6.45, 7) is 4.13. The lowest BCUT2D eigenvalue weighted by atomic mass is 10.0. The van der Waals surface area contributed by atoms with Crippen molar-refractivity contribution < 1.29 is 9.18 Å². The monoisotopic (exact) mass is 273 g/mol. The van der Waals surface area contributed by atoms with Crippen molar-refractivity contribution in [2.75, 3.05) is 0 Å². The van der Waals surface area contributed by atoms with E-state index in [1.807, 2.05) is 13.0 Å². The van der Waals surface area contributed by atoms with Crippen molar-refractivity contribution >= 4 is 16.7 Å². The zero-order valence-electron chi connectivity index (χ0n) is 11.9. The van der Waals surface area contributed by atoms with Gasteiger partial charge in [-0.2, -0.15) is 0 Å². The number of carbonyl (C=O) groups is 1. The number of benzene rings is 2. The van der Waals surface area contributed by atoms with Gasteiger partial charge in [0.15, 0.2) is 0 Å². The number of rotatable bonds is 5. The molecule has 20 heavy (non-hydrogen) atoms. The smallest absolute Gasteiger partial charge is 0.252 e. The Balaban J connectivity index is 2.24. The standard InChI is InChI=1S/C17H20FNO/c1-3-4-7-12(2)19-17(20)15-10-11-16(18)14-9-6-5-8-13(14)15/h5-6,8-12H,3-4,7H2,1-2H3,(H,19,20). The first kappa shape index (κ1) is 14.5. The van der Waals surface area contributed by atoms with Crippen molar-refractivity contribution in [3.8, 4) is 0 Å². The number of unbranched alkanes of at least 4 members (excludes halogenated alkanes) is 1. The summed E-state index contributed by atoms with van der Waals surface area (Å²) < 4.78 is 13.7. The second kappa shape index (κ2) is 6.51. The molecular formula is C17H20FNO. The molecule has 0 spiro atoms. The van der Waals surface area contributed by atoms with E-state index >= 15 is 0 Å². The molecule has 3 heteroatoms. The van der Waals surface area contributed by atoms with Crippen LogP contribution >= 0.6 is 0 Å². The van der Waals surface area contributed by atoms with Crippen LogP contribution in [0.25, 0.3) is 10.8 Å². The van der Waals surface area contributed by atoms with Gasteiger partial charge < -0.3 is 5.32 Å². The molecular weight excluding hydrogens is 253 g/mol. The molecule has 0 saturated carbocycles. The number of hydrogen-bond acceptors (Lipinski definition) is 1. The van der Waals surface area contributed by atoms with Gasteiger partial charge in [-0.3, -0.25) is 4.79 Å². The first-order chi connectivity index (χ1) is 9.63. The van der Waals surface area contributed by atoms with E-state index in [1.165, 1.54) is 6.07 Å². The van der Waals surface area contributed by atoms with Gasteiger partial charge in [-0.05, 0) is 30.9 Å². The highest BCUT2D eigenvalue weighted by Gasteiger charge is 2.14. The predicted molar refractivity (Wildman–Crippen MR) is 80.4 cm³/mol. The van der Waals surface area contributed by atoms with Gasteiger partial charge in [-0.1, -0.05) is 44.0 Å². The van der Waals surface area contributed by atoms with E-state index in [0.29, 0.717) is 16.3 Å². The topological polar surface area (TPSA) is 29.1 Å². The van der Waals surface area contributed by atoms with Crippen LogP contribution in [0.3, 0.4) is 0 Å². The molecule has 0 heterocycles. The Labute approximate surface area is 119 Å². The lowest BCUT2D eigenvalue weighted by Gasteiger charge is -2.14. The molecule has 0 radical (unpaired) electrons. The van der Waals surface area contributed by atoms with Crippen LogP contribution in [0.2, 0.25) is 0 Å². The van der Waals surface area contributed by atoms with E-state index in [9.17, 15) is 9.18 Å². The summed E-state index contributed by atoms with van der Waals surface area (Å²) in [5.41, 5.74) is 0.533. The van der Waals surface area contributed by atoms with Crippen LogP contribution in [0.5, 0.6) is 0 Å². The molecule has 2 nitrogen and oxygen atoms in total. The number of amides is 1. The highest BCUT2D eigenvalue weighted by Crippen LogP contribution is 2.21. The Hall–Kier alpha value is -1.90. The molecule has 0 bridgehead atoms. The van der Waals surface area contributed by atoms with Crippen molar-refractivity contribution in [1.29, 1.82) is 0 Å². The molecule has 0 aliphatic rings. The Morgan fingerprint density at radius 2 is 1.90 bits per heavy atom. The summed E-state index contributed by atoms with van der Waals surface area (Å²) in [4.78, 5) is 12.3. The minimum Gasteiger partial charge on any atom is -0.350 e. The van der Waals surface area contributed by atoms with Crippen LogP contribution in [-0.4, -0.2) is 11.9 Å². The zero-order chi connectivity index (χ0) is 14.5. The molecule has 1 N–H and O–H groups in total. The molecule has 2 rings (SSSR count). The van der Waals surface area contributed by atoms with E-state index in [4.69, 9.17) is 0 Å². The largest absolute Gasteiger partial charge is 0.350 e. The average molecular weight is 273 g/mol. The minimum absolute atomic E-state index is 0.131. The third kappa shape index (κ3) is 3.16. The maximum Gasteiger partial charge on any atom is 0.252 e. The third-order valence-electron chi connectivity index (χ3n) is 3.48. The number of fused-ring (bicyclic) bond motifs is 1. The van der Waals surface area contributed by atoms with Crippen LogP contribution in [0.4, 0.5) is 4.39 Å². The maximum absolute atomic E-state index is 13.7. The van der Waals surface area contributed by atoms with Crippen molar-refractivity contribution in [3.05, 3.63) is 47.8 Å². The second-order valence-electron chi connectivity index (χ2n) is 5.16. The Morgan fingerprint density at radius 1 is 1.20 bits per heavy atom. The predicted octanol–water partition coefficient (Wildman–Crippen LogP) is 4.29. The lowest BCUT2D eigenvalue weighted by molar-refractivity contribution is 0.0939. The quantitative estimate of drug-likeness (QED) is 0.865. The van der Waals surface area contributed by atoms with E-state index < -0.39 is 0 Å². The van der Waals surface area contributed by atoms with Crippen LogP contribution in [-0.2, 0) is 0 Å². The summed E-state index contributed by atoms with van der Waals surface area (Å²) in [5.74, 6) is -0.430. The average Bonchev–Trinajstić information content (AvgIpc) is 2.45. The van der Waals surface area contributed by atoms with E-state index in [2.05, 4.69) is 12.2 Å². The summed E-state index contributed by atoms with van der Waals surface area (Å²) in [6.07, 6.45) is 3.16. The molecule has 0 fully saturated rings. The molecule has 2 aromatic carbocycles. The fourth-order valence-corrected chi connectivity index (χ4v) is 2.34. The summed E-state index contributed by atoms with van der Waals surface area (Å²) in [6, 6.07) is 10.1. The first-order valence-corrected chi connectivity index (χ1v) is 7.11. The normalized spacial score (nSPS) is 12.3. The summed E-state index contributed by atoms with van der Waals surface area (Å²) in [5, 5.41) is 4.13. The molecule has 2 aromatic rings. The van der Waals surface area contributed by atoms with Gasteiger partial charge in [0, 0.05) is 17.0 Å². The minimum atomic E-state index is -0.295. The molecule has 1 amide bonds. The fraction of sp³-hybridized carbons (Fsp3) is 0.353. The van der Waals surface area contributed by atoms with Crippen molar-refractivity contribution in [1.82, 2.24) is 5.32 Å². The van der Waals surface area contributed by atoms with E-state index in [0.717, 1.165) is 19.3 Å². The molecule has 0 aliphatic heterocycles. The van der Waals surface area contributed by atoms with Crippen LogP contribution in [0.1, 0.15) is 43.5 Å². The second-order valence-corrected chi connectivity index (χ2v) is 5.16. The Kier molecular flexibility index (Phi) is 4.72. The molecule has 0 aromatic heterocycles. The van der Waals surface area contributed by atoms with Crippen LogP contribution < -0.4 is 5.32 Å². The maximum atomic E-state index is 13.7. The molecule has 0 aliphatic carbocycles. The highest BCUT2D eigenvalue weighted by atomic mass is 19.1. The van der Waals surface area contributed by atoms with Crippen LogP contribution in [0.15, 0.2) is 36.4 Å². The molecule has 106 valence electrons. The SMILES string of the molecule is CCCCC(C)NC(=O)c1ccc(F)c2ccccc12. The number of hydrogen-bond donors (Lipinski definition) is 1. The Bertz CT molecular complexity index is 609.